The summed E-state index contributed by atoms with van der Waals surface area (Å²) in [4.78, 5) is 51.2. The maximum atomic E-state index is 13.5. The van der Waals surface area contributed by atoms with E-state index >= 15 is 0 Å². The van der Waals surface area contributed by atoms with Crippen molar-refractivity contribution in [3.63, 3.8) is 0 Å². The molecule has 2 fully saturated rings. The molecule has 4 heterocycles. The van der Waals surface area contributed by atoms with Crippen molar-refractivity contribution in [2.24, 2.45) is 0 Å². The molecule has 2 saturated heterocycles. The largest absolute Gasteiger partial charge is 0.467 e. The Morgan fingerprint density at radius 2 is 1.79 bits per heavy atom. The smallest absolute Gasteiger partial charge is 0.338 e. The van der Waals surface area contributed by atoms with E-state index in [2.05, 4.69) is 25.0 Å². The number of hydrogen-bond acceptors (Lipinski definition) is 9. The minimum absolute atomic E-state index is 0.102. The number of aromatic nitrogens is 3. The van der Waals surface area contributed by atoms with Gasteiger partial charge >= 0.3 is 5.97 Å². The Balaban J connectivity index is 1.16. The van der Waals surface area contributed by atoms with Crippen LogP contribution in [-0.4, -0.2) is 76.0 Å². The number of hydrogen-bond donors (Lipinski definition) is 2. The molecule has 3 atom stereocenters. The normalized spacial score (nSPS) is 20.0. The number of fused-ring (bicyclic) bond motifs is 1. The second-order valence-corrected chi connectivity index (χ2v) is 9.33. The van der Waals surface area contributed by atoms with E-state index in [4.69, 9.17) is 9.47 Å². The molecule has 198 valence electrons. The summed E-state index contributed by atoms with van der Waals surface area (Å²) in [6.45, 7) is 0.920. The molecule has 2 aromatic carbocycles. The number of epoxide rings is 1. The summed E-state index contributed by atoms with van der Waals surface area (Å²) in [7, 11) is 1.26. The molecule has 11 heteroatoms. The third-order valence-corrected chi connectivity index (χ3v) is 6.82. The Bertz CT molecular complexity index is 1540. The number of para-hydroxylation sites is 1. The average molecular weight is 528 g/mol. The number of ketones is 1. The van der Waals surface area contributed by atoms with Crippen LogP contribution in [0.4, 0.5) is 5.82 Å². The van der Waals surface area contributed by atoms with Crippen molar-refractivity contribution >= 4 is 34.5 Å². The molecule has 2 aliphatic heterocycles. The van der Waals surface area contributed by atoms with Crippen LogP contribution >= 0.6 is 0 Å². The van der Waals surface area contributed by atoms with Gasteiger partial charge in [-0.3, -0.25) is 9.59 Å². The number of nitrogens with zero attached hydrogens (tertiary/aromatic N) is 3. The minimum atomic E-state index is -0.830. The standard InChI is InChI=1S/C28H25N5O6/c1-37-28(36)24-23(39-24)27(35)33-12-11-17(14-33)32-26-21-20(13-29-25(21)30-15-31-26)22(34)16-7-9-19(10-8-16)38-18-5-3-2-4-6-18/h2-10,13,15,17,23-24H,11-12,14H2,1H3,(H2,29,30,31,32). The number of rotatable bonds is 8. The lowest BCUT2D eigenvalue weighted by atomic mass is 10.0. The third kappa shape index (κ3) is 4.91. The first-order chi connectivity index (χ1) is 19.0. The van der Waals surface area contributed by atoms with Gasteiger partial charge in [0, 0.05) is 30.9 Å². The maximum absolute atomic E-state index is 13.5. The molecule has 0 aliphatic carbocycles. The Morgan fingerprint density at radius 3 is 2.56 bits per heavy atom. The van der Waals surface area contributed by atoms with Gasteiger partial charge in [0.15, 0.2) is 18.0 Å². The van der Waals surface area contributed by atoms with E-state index in [0.717, 1.165) is 0 Å². The Hall–Kier alpha value is -4.77. The molecular formula is C28H25N5O6. The van der Waals surface area contributed by atoms with Gasteiger partial charge in [-0.25, -0.2) is 14.8 Å². The van der Waals surface area contributed by atoms with Gasteiger partial charge in [0.05, 0.1) is 18.1 Å². The van der Waals surface area contributed by atoms with Crippen molar-refractivity contribution in [2.75, 3.05) is 25.5 Å². The van der Waals surface area contributed by atoms with Crippen LogP contribution in [0.25, 0.3) is 11.0 Å². The van der Waals surface area contributed by atoms with Crippen LogP contribution in [0.1, 0.15) is 22.3 Å². The van der Waals surface area contributed by atoms with E-state index in [0.29, 0.717) is 59.0 Å². The van der Waals surface area contributed by atoms with Crippen molar-refractivity contribution in [1.29, 1.82) is 0 Å². The highest BCUT2D eigenvalue weighted by molar-refractivity contribution is 6.18. The molecule has 0 bridgehead atoms. The van der Waals surface area contributed by atoms with Crippen molar-refractivity contribution in [2.45, 2.75) is 24.7 Å². The molecule has 2 N–H and O–H groups in total. The molecule has 11 nitrogen and oxygen atoms in total. The van der Waals surface area contributed by atoms with Gasteiger partial charge in [-0.05, 0) is 42.8 Å². The van der Waals surface area contributed by atoms with E-state index in [1.54, 1.807) is 35.4 Å². The number of carbonyl (C=O) groups excluding carboxylic acids is 3. The van der Waals surface area contributed by atoms with Crippen molar-refractivity contribution < 1.29 is 28.6 Å². The fourth-order valence-electron chi connectivity index (χ4n) is 4.75. The number of H-pyrrole nitrogens is 1. The minimum Gasteiger partial charge on any atom is -0.467 e. The SMILES string of the molecule is COC(=O)C1OC1C(=O)N1CCC(Nc2ncnc3[nH]cc(C(=O)c4ccc(Oc5ccccc5)cc4)c23)C1. The number of likely N-dealkylation sites (tertiary alicyclic amines) is 1. The fourth-order valence-corrected chi connectivity index (χ4v) is 4.75. The average Bonchev–Trinajstić information content (AvgIpc) is 3.42. The second kappa shape index (κ2) is 10.2. The lowest BCUT2D eigenvalue weighted by Gasteiger charge is -2.17. The van der Waals surface area contributed by atoms with Crippen LogP contribution in [0, 0.1) is 0 Å². The van der Waals surface area contributed by atoms with Crippen LogP contribution in [0.2, 0.25) is 0 Å². The number of nitrogens with one attached hydrogen (secondary N) is 2. The highest BCUT2D eigenvalue weighted by Crippen LogP contribution is 2.30. The van der Waals surface area contributed by atoms with Crippen molar-refractivity contribution in [3.05, 3.63) is 78.2 Å². The number of carbonyl (C=O) groups is 3. The molecule has 2 aromatic heterocycles. The monoisotopic (exact) mass is 527 g/mol. The predicted octanol–water partition coefficient (Wildman–Crippen LogP) is 2.93. The molecule has 2 aliphatic rings. The van der Waals surface area contributed by atoms with Gasteiger partial charge in [-0.15, -0.1) is 0 Å². The molecule has 3 unspecified atom stereocenters. The molecule has 6 rings (SSSR count). The van der Waals surface area contributed by atoms with Crippen LogP contribution in [-0.2, 0) is 19.1 Å². The Labute approximate surface area is 223 Å². The summed E-state index contributed by atoms with van der Waals surface area (Å²) < 4.78 is 15.7. The van der Waals surface area contributed by atoms with Gasteiger partial charge in [0.2, 0.25) is 0 Å². The first-order valence-corrected chi connectivity index (χ1v) is 12.5. The van der Waals surface area contributed by atoms with E-state index in [1.807, 2.05) is 30.3 Å². The first-order valence-electron chi connectivity index (χ1n) is 12.5. The van der Waals surface area contributed by atoms with Gasteiger partial charge < -0.3 is 29.4 Å². The van der Waals surface area contributed by atoms with Crippen LogP contribution < -0.4 is 10.1 Å². The molecular weight excluding hydrogens is 502 g/mol. The summed E-state index contributed by atoms with van der Waals surface area (Å²) in [5.74, 6) is 0.864. The number of ether oxygens (including phenoxy) is 3. The van der Waals surface area contributed by atoms with Crippen LogP contribution in [0.15, 0.2) is 67.1 Å². The zero-order valence-corrected chi connectivity index (χ0v) is 21.0. The predicted molar refractivity (Wildman–Crippen MR) is 140 cm³/mol. The number of esters is 1. The van der Waals surface area contributed by atoms with Crippen molar-refractivity contribution in [1.82, 2.24) is 19.9 Å². The maximum Gasteiger partial charge on any atom is 0.338 e. The highest BCUT2D eigenvalue weighted by Gasteiger charge is 2.53. The van der Waals surface area contributed by atoms with Gasteiger partial charge in [-0.1, -0.05) is 18.2 Å². The lowest BCUT2D eigenvalue weighted by Crippen LogP contribution is -2.36. The highest BCUT2D eigenvalue weighted by atomic mass is 16.6. The summed E-state index contributed by atoms with van der Waals surface area (Å²) in [6.07, 6.45) is 2.10. The Morgan fingerprint density at radius 1 is 1.03 bits per heavy atom. The zero-order valence-electron chi connectivity index (χ0n) is 21.0. The van der Waals surface area contributed by atoms with Crippen LogP contribution in [0.5, 0.6) is 11.5 Å². The summed E-state index contributed by atoms with van der Waals surface area (Å²) in [5, 5.41) is 3.95. The fraction of sp³-hybridized carbons (Fsp3) is 0.250. The third-order valence-electron chi connectivity index (χ3n) is 6.82. The van der Waals surface area contributed by atoms with Gasteiger partial charge in [-0.2, -0.15) is 0 Å². The van der Waals surface area contributed by atoms with Gasteiger partial charge in [0.1, 0.15) is 29.3 Å². The zero-order chi connectivity index (χ0) is 26.9. The summed E-state index contributed by atoms with van der Waals surface area (Å²) in [6, 6.07) is 16.3. The van der Waals surface area contributed by atoms with E-state index in [-0.39, 0.29) is 17.7 Å². The number of anilines is 1. The molecule has 0 radical (unpaired) electrons. The topological polar surface area (TPSA) is 139 Å². The van der Waals surface area contributed by atoms with E-state index in [1.165, 1.54) is 13.4 Å². The van der Waals surface area contributed by atoms with Crippen LogP contribution in [0.3, 0.4) is 0 Å². The number of aromatic amines is 1. The number of benzene rings is 2. The molecule has 4 aromatic rings. The molecule has 0 saturated carbocycles. The summed E-state index contributed by atoms with van der Waals surface area (Å²) >= 11 is 0. The molecule has 39 heavy (non-hydrogen) atoms. The Kier molecular flexibility index (Phi) is 6.41. The molecule has 0 spiro atoms. The molecule has 1 amide bonds. The summed E-state index contributed by atoms with van der Waals surface area (Å²) in [5.41, 5.74) is 1.45. The quantitative estimate of drug-likeness (QED) is 0.201. The van der Waals surface area contributed by atoms with E-state index < -0.39 is 18.2 Å². The lowest BCUT2D eigenvalue weighted by molar-refractivity contribution is -0.142. The second-order valence-electron chi connectivity index (χ2n) is 9.33. The van der Waals surface area contributed by atoms with Crippen molar-refractivity contribution in [3.8, 4) is 11.5 Å². The number of methoxy groups -OCH3 is 1. The van der Waals surface area contributed by atoms with E-state index in [9.17, 15) is 14.4 Å². The van der Waals surface area contributed by atoms with Gasteiger partial charge in [0.25, 0.3) is 5.91 Å². The first kappa shape index (κ1) is 24.6. The number of amides is 1.